The Morgan fingerprint density at radius 3 is 1.91 bits per heavy atom. The Balaban J connectivity index is 1.35. The van der Waals surface area contributed by atoms with Gasteiger partial charge in [0.2, 0.25) is 0 Å². The molecule has 2 heteroatoms. The monoisotopic (exact) mass is 549 g/mol. The number of fused-ring (bicyclic) bond motifs is 8. The summed E-state index contributed by atoms with van der Waals surface area (Å²) in [5, 5.41) is 8.43. The van der Waals surface area contributed by atoms with Crippen LogP contribution in [0.3, 0.4) is 0 Å². The van der Waals surface area contributed by atoms with Crippen LogP contribution < -0.4 is 5.32 Å². The van der Waals surface area contributed by atoms with Gasteiger partial charge in [0.05, 0.1) is 16.5 Å². The molecule has 0 aliphatic heterocycles. The Morgan fingerprint density at radius 1 is 0.488 bits per heavy atom. The second kappa shape index (κ2) is 9.20. The van der Waals surface area contributed by atoms with Crippen LogP contribution in [-0.4, -0.2) is 0 Å². The van der Waals surface area contributed by atoms with Gasteiger partial charge in [-0.15, -0.1) is 0 Å². The Hall–Kier alpha value is -5.60. The smallest absolute Gasteiger partial charge is 0.145 e. The highest BCUT2D eigenvalue weighted by Crippen LogP contribution is 2.58. The third kappa shape index (κ3) is 3.35. The van der Waals surface area contributed by atoms with E-state index in [9.17, 15) is 0 Å². The van der Waals surface area contributed by atoms with Crippen LogP contribution in [0.25, 0.3) is 43.8 Å². The van der Waals surface area contributed by atoms with E-state index in [-0.39, 0.29) is 0 Å². The van der Waals surface area contributed by atoms with E-state index >= 15 is 0 Å². The van der Waals surface area contributed by atoms with Crippen molar-refractivity contribution in [2.24, 2.45) is 0 Å². The summed E-state index contributed by atoms with van der Waals surface area (Å²) in [6, 6.07) is 56.6. The zero-order valence-corrected chi connectivity index (χ0v) is 23.4. The molecule has 1 aromatic heterocycles. The maximum absolute atomic E-state index is 6.50. The Bertz CT molecular complexity index is 2280. The molecular weight excluding hydrogens is 522 g/mol. The highest BCUT2D eigenvalue weighted by Gasteiger charge is 2.46. The van der Waals surface area contributed by atoms with E-state index in [1.54, 1.807) is 0 Å². The van der Waals surface area contributed by atoms with Gasteiger partial charge < -0.3 is 9.73 Å². The summed E-state index contributed by atoms with van der Waals surface area (Å²) in [6.07, 6.45) is 0. The van der Waals surface area contributed by atoms with Crippen LogP contribution >= 0.6 is 0 Å². The maximum atomic E-state index is 6.50. The van der Waals surface area contributed by atoms with Crippen LogP contribution in [0.4, 0.5) is 11.4 Å². The molecule has 0 atom stereocenters. The first-order valence-electron chi connectivity index (χ1n) is 14.8. The molecule has 43 heavy (non-hydrogen) atoms. The molecule has 0 amide bonds. The minimum Gasteiger partial charge on any atom is -0.455 e. The standard InChI is InChI=1S/C41H27NO/c1-3-15-28(16-4-1)41(29-17-5-2-6-18-29)33-22-11-9-20-31(33)38-34(41)23-13-24-35(38)42-36-26-27-14-7-8-19-30(27)40-39(36)32-21-10-12-25-37(32)43-40/h1-26,42H. The van der Waals surface area contributed by atoms with E-state index < -0.39 is 5.41 Å². The van der Waals surface area contributed by atoms with E-state index in [0.29, 0.717) is 0 Å². The van der Waals surface area contributed by atoms with Gasteiger partial charge in [-0.25, -0.2) is 0 Å². The number of nitrogens with one attached hydrogen (secondary N) is 1. The lowest BCUT2D eigenvalue weighted by Crippen LogP contribution is -2.28. The van der Waals surface area contributed by atoms with Crippen molar-refractivity contribution in [3.05, 3.63) is 180 Å². The Labute approximate surface area is 249 Å². The van der Waals surface area contributed by atoms with Gasteiger partial charge in [0.25, 0.3) is 0 Å². The summed E-state index contributed by atoms with van der Waals surface area (Å²) >= 11 is 0. The molecule has 8 aromatic rings. The molecule has 0 bridgehead atoms. The molecular formula is C41H27NO. The second-order valence-electron chi connectivity index (χ2n) is 11.3. The predicted octanol–water partition coefficient (Wildman–Crippen LogP) is 10.8. The number of benzene rings is 7. The number of furan rings is 1. The quantitative estimate of drug-likeness (QED) is 0.236. The van der Waals surface area contributed by atoms with Crippen LogP contribution in [0.2, 0.25) is 0 Å². The Kier molecular flexibility index (Phi) is 5.15. The first-order chi connectivity index (χ1) is 21.3. The summed E-state index contributed by atoms with van der Waals surface area (Å²) in [7, 11) is 0. The summed E-state index contributed by atoms with van der Waals surface area (Å²) < 4.78 is 6.50. The van der Waals surface area contributed by atoms with Gasteiger partial charge in [0.15, 0.2) is 0 Å². The molecule has 1 N–H and O–H groups in total. The van der Waals surface area contributed by atoms with Crippen LogP contribution in [0.5, 0.6) is 0 Å². The fraction of sp³-hybridized carbons (Fsp3) is 0.0244. The van der Waals surface area contributed by atoms with E-state index in [4.69, 9.17) is 4.42 Å². The lowest BCUT2D eigenvalue weighted by molar-refractivity contribution is 0.673. The predicted molar refractivity (Wildman–Crippen MR) is 178 cm³/mol. The highest BCUT2D eigenvalue weighted by molar-refractivity contribution is 6.21. The zero-order valence-electron chi connectivity index (χ0n) is 23.4. The molecule has 202 valence electrons. The summed E-state index contributed by atoms with van der Waals surface area (Å²) in [6.45, 7) is 0. The van der Waals surface area contributed by atoms with Gasteiger partial charge in [-0.1, -0.05) is 140 Å². The van der Waals surface area contributed by atoms with Gasteiger partial charge in [0, 0.05) is 22.0 Å². The number of anilines is 2. The van der Waals surface area contributed by atoms with Crippen LogP contribution in [-0.2, 0) is 5.41 Å². The third-order valence-corrected chi connectivity index (χ3v) is 9.12. The zero-order chi connectivity index (χ0) is 28.4. The molecule has 1 aliphatic carbocycles. The van der Waals surface area contributed by atoms with Gasteiger partial charge in [0.1, 0.15) is 11.2 Å². The highest BCUT2D eigenvalue weighted by atomic mass is 16.3. The van der Waals surface area contributed by atoms with Gasteiger partial charge >= 0.3 is 0 Å². The lowest BCUT2D eigenvalue weighted by atomic mass is 9.68. The third-order valence-electron chi connectivity index (χ3n) is 9.12. The summed E-state index contributed by atoms with van der Waals surface area (Å²) in [4.78, 5) is 0. The molecule has 1 heterocycles. The fourth-order valence-corrected chi connectivity index (χ4v) is 7.40. The number of para-hydroxylation sites is 1. The van der Waals surface area contributed by atoms with Crippen molar-refractivity contribution in [3.8, 4) is 11.1 Å². The average Bonchev–Trinajstić information content (AvgIpc) is 3.61. The van der Waals surface area contributed by atoms with E-state index in [1.807, 2.05) is 6.07 Å². The maximum Gasteiger partial charge on any atom is 0.145 e. The molecule has 0 spiro atoms. The first-order valence-corrected chi connectivity index (χ1v) is 14.8. The minimum atomic E-state index is -0.437. The molecule has 7 aromatic carbocycles. The van der Waals surface area contributed by atoms with Gasteiger partial charge in [-0.05, 0) is 51.4 Å². The largest absolute Gasteiger partial charge is 0.455 e. The number of hydrogen-bond acceptors (Lipinski definition) is 2. The summed E-state index contributed by atoms with van der Waals surface area (Å²) in [5.74, 6) is 0. The van der Waals surface area contributed by atoms with E-state index in [0.717, 1.165) is 44.1 Å². The second-order valence-corrected chi connectivity index (χ2v) is 11.3. The first kappa shape index (κ1) is 24.0. The van der Waals surface area contributed by atoms with Crippen LogP contribution in [0.15, 0.2) is 162 Å². The van der Waals surface area contributed by atoms with Gasteiger partial charge in [-0.3, -0.25) is 0 Å². The van der Waals surface area contributed by atoms with Crippen molar-refractivity contribution in [1.29, 1.82) is 0 Å². The Morgan fingerprint density at radius 2 is 1.12 bits per heavy atom. The molecule has 9 rings (SSSR count). The van der Waals surface area contributed by atoms with Crippen molar-refractivity contribution >= 4 is 44.1 Å². The van der Waals surface area contributed by atoms with Crippen molar-refractivity contribution < 1.29 is 4.42 Å². The van der Waals surface area contributed by atoms with Crippen molar-refractivity contribution in [2.45, 2.75) is 5.41 Å². The minimum absolute atomic E-state index is 0.437. The molecule has 1 aliphatic rings. The SMILES string of the molecule is c1ccc(C2(c3ccccc3)c3ccccc3-c3c(Nc4cc5ccccc5c5oc6ccccc6c45)cccc32)cc1. The van der Waals surface area contributed by atoms with E-state index in [2.05, 4.69) is 157 Å². The average molecular weight is 550 g/mol. The van der Waals surface area contributed by atoms with Crippen LogP contribution in [0.1, 0.15) is 22.3 Å². The molecule has 0 saturated heterocycles. The van der Waals surface area contributed by atoms with Crippen molar-refractivity contribution in [3.63, 3.8) is 0 Å². The fourth-order valence-electron chi connectivity index (χ4n) is 7.40. The van der Waals surface area contributed by atoms with Crippen molar-refractivity contribution in [2.75, 3.05) is 5.32 Å². The van der Waals surface area contributed by atoms with Crippen molar-refractivity contribution in [1.82, 2.24) is 0 Å². The van der Waals surface area contributed by atoms with Gasteiger partial charge in [-0.2, -0.15) is 0 Å². The lowest BCUT2D eigenvalue weighted by Gasteiger charge is -2.33. The number of rotatable bonds is 4. The molecule has 0 fully saturated rings. The molecule has 2 nitrogen and oxygen atoms in total. The number of hydrogen-bond donors (Lipinski definition) is 1. The normalized spacial score (nSPS) is 13.3. The molecule has 0 radical (unpaired) electrons. The topological polar surface area (TPSA) is 25.2 Å². The summed E-state index contributed by atoms with van der Waals surface area (Å²) in [5.41, 5.74) is 11.1. The van der Waals surface area contributed by atoms with E-state index in [1.165, 1.54) is 33.4 Å². The molecule has 0 saturated carbocycles. The molecule has 0 unspecified atom stereocenters. The van der Waals surface area contributed by atoms with Crippen LogP contribution in [0, 0.1) is 0 Å².